The summed E-state index contributed by atoms with van der Waals surface area (Å²) in [6, 6.07) is 0. The highest BCUT2D eigenvalue weighted by atomic mass is 16.6. The van der Waals surface area contributed by atoms with Crippen LogP contribution in [0.15, 0.2) is 60.8 Å². The van der Waals surface area contributed by atoms with Crippen LogP contribution < -0.4 is 0 Å². The van der Waals surface area contributed by atoms with Crippen LogP contribution in [0.25, 0.3) is 0 Å². The molecule has 0 radical (unpaired) electrons. The molecule has 0 spiro atoms. The van der Waals surface area contributed by atoms with Gasteiger partial charge in [-0.05, 0) is 64.2 Å². The molecule has 0 aromatic heterocycles. The van der Waals surface area contributed by atoms with E-state index in [2.05, 4.69) is 81.5 Å². The summed E-state index contributed by atoms with van der Waals surface area (Å²) >= 11 is 0. The van der Waals surface area contributed by atoms with E-state index in [1.54, 1.807) is 0 Å². The van der Waals surface area contributed by atoms with Gasteiger partial charge in [-0.2, -0.15) is 0 Å². The molecule has 1 unspecified atom stereocenters. The molecule has 0 rings (SSSR count). The van der Waals surface area contributed by atoms with Crippen LogP contribution in [0.1, 0.15) is 201 Å². The Hall–Kier alpha value is -2.40. The van der Waals surface area contributed by atoms with Gasteiger partial charge in [-0.1, -0.05) is 184 Å². The van der Waals surface area contributed by atoms with Crippen molar-refractivity contribution in [3.63, 3.8) is 0 Å². The van der Waals surface area contributed by atoms with Crippen molar-refractivity contribution in [1.29, 1.82) is 0 Å². The van der Waals surface area contributed by atoms with Crippen molar-refractivity contribution in [2.45, 2.75) is 207 Å². The van der Waals surface area contributed by atoms with Gasteiger partial charge in [-0.3, -0.25) is 9.59 Å². The highest BCUT2D eigenvalue weighted by Crippen LogP contribution is 2.14. The summed E-state index contributed by atoms with van der Waals surface area (Å²) in [6.07, 6.45) is 52.5. The second-order valence-corrected chi connectivity index (χ2v) is 14.2. The number of ether oxygens (including phenoxy) is 3. The summed E-state index contributed by atoms with van der Waals surface area (Å²) in [5.74, 6) is -0.434. The van der Waals surface area contributed by atoms with Crippen molar-refractivity contribution in [2.75, 3.05) is 19.8 Å². The summed E-state index contributed by atoms with van der Waals surface area (Å²) in [5.41, 5.74) is 0. The van der Waals surface area contributed by atoms with Crippen molar-refractivity contribution in [3.8, 4) is 0 Å². The zero-order valence-electron chi connectivity index (χ0n) is 34.3. The Morgan fingerprint density at radius 3 is 1.35 bits per heavy atom. The van der Waals surface area contributed by atoms with Gasteiger partial charge in [0.05, 0.1) is 6.61 Å². The Balaban J connectivity index is 4.16. The minimum atomic E-state index is -0.551. The highest BCUT2D eigenvalue weighted by molar-refractivity contribution is 5.70. The third-order valence-electron chi connectivity index (χ3n) is 9.07. The van der Waals surface area contributed by atoms with E-state index in [-0.39, 0.29) is 25.2 Å². The van der Waals surface area contributed by atoms with Crippen LogP contribution in [-0.4, -0.2) is 37.9 Å². The minimum Gasteiger partial charge on any atom is -0.462 e. The van der Waals surface area contributed by atoms with Crippen molar-refractivity contribution in [1.82, 2.24) is 0 Å². The first-order valence-electron chi connectivity index (χ1n) is 21.8. The van der Waals surface area contributed by atoms with Crippen LogP contribution in [0.4, 0.5) is 0 Å². The second-order valence-electron chi connectivity index (χ2n) is 14.2. The van der Waals surface area contributed by atoms with Crippen molar-refractivity contribution < 1.29 is 23.8 Å². The number of hydrogen-bond donors (Lipinski definition) is 0. The number of rotatable bonds is 39. The molecule has 0 aromatic rings. The maximum atomic E-state index is 12.5. The molecule has 0 N–H and O–H groups in total. The van der Waals surface area contributed by atoms with Gasteiger partial charge < -0.3 is 14.2 Å². The predicted molar refractivity (Wildman–Crippen MR) is 224 cm³/mol. The average molecular weight is 727 g/mol. The third-order valence-corrected chi connectivity index (χ3v) is 9.07. The van der Waals surface area contributed by atoms with Crippen LogP contribution in [0.2, 0.25) is 0 Å². The average Bonchev–Trinajstić information content (AvgIpc) is 3.14. The molecular formula is C47H82O5. The summed E-state index contributed by atoms with van der Waals surface area (Å²) in [7, 11) is 0. The maximum Gasteiger partial charge on any atom is 0.306 e. The molecule has 0 aliphatic carbocycles. The molecular weight excluding hydrogens is 645 g/mol. The Labute approximate surface area is 322 Å². The summed E-state index contributed by atoms with van der Waals surface area (Å²) in [6.45, 7) is 7.54. The number of carbonyl (C=O) groups excluding carboxylic acids is 2. The molecule has 0 heterocycles. The summed E-state index contributed by atoms with van der Waals surface area (Å²) in [4.78, 5) is 25.0. The molecule has 0 amide bonds. The Kier molecular flexibility index (Phi) is 41.0. The Morgan fingerprint density at radius 1 is 0.442 bits per heavy atom. The van der Waals surface area contributed by atoms with E-state index in [1.165, 1.54) is 83.5 Å². The smallest absolute Gasteiger partial charge is 0.306 e. The fourth-order valence-corrected chi connectivity index (χ4v) is 5.83. The van der Waals surface area contributed by atoms with Crippen molar-refractivity contribution in [3.05, 3.63) is 60.8 Å². The Morgan fingerprint density at radius 2 is 0.865 bits per heavy atom. The van der Waals surface area contributed by atoms with E-state index >= 15 is 0 Å². The topological polar surface area (TPSA) is 61.8 Å². The van der Waals surface area contributed by atoms with E-state index in [0.717, 1.165) is 83.5 Å². The number of carbonyl (C=O) groups is 2. The van der Waals surface area contributed by atoms with Gasteiger partial charge in [-0.25, -0.2) is 0 Å². The van der Waals surface area contributed by atoms with E-state index < -0.39 is 6.10 Å². The SMILES string of the molecule is CC/C=C\C/C=C\C/C=C\C/C=C\C/C=C\CCCCOCC(COC(=O)CCCCCCCCCCCCCCC)OC(=O)CCCCCCC. The predicted octanol–water partition coefficient (Wildman–Crippen LogP) is 14.2. The first-order valence-corrected chi connectivity index (χ1v) is 21.8. The largest absolute Gasteiger partial charge is 0.462 e. The normalized spacial score (nSPS) is 12.8. The molecule has 1 atom stereocenters. The number of unbranched alkanes of at least 4 members (excludes halogenated alkanes) is 18. The van der Waals surface area contributed by atoms with Crippen LogP contribution >= 0.6 is 0 Å². The van der Waals surface area contributed by atoms with Gasteiger partial charge in [0.15, 0.2) is 6.10 Å². The molecule has 0 saturated heterocycles. The fraction of sp³-hybridized carbons (Fsp3) is 0.745. The fourth-order valence-electron chi connectivity index (χ4n) is 5.83. The van der Waals surface area contributed by atoms with Gasteiger partial charge >= 0.3 is 11.9 Å². The molecule has 0 fully saturated rings. The molecule has 300 valence electrons. The van der Waals surface area contributed by atoms with Crippen LogP contribution in [0.5, 0.6) is 0 Å². The molecule has 5 heteroatoms. The maximum absolute atomic E-state index is 12.5. The van der Waals surface area contributed by atoms with Gasteiger partial charge in [0.1, 0.15) is 6.61 Å². The van der Waals surface area contributed by atoms with E-state index in [9.17, 15) is 9.59 Å². The first kappa shape index (κ1) is 49.6. The minimum absolute atomic E-state index is 0.0683. The number of allylic oxidation sites excluding steroid dienone is 10. The van der Waals surface area contributed by atoms with Crippen LogP contribution in [0, 0.1) is 0 Å². The monoisotopic (exact) mass is 727 g/mol. The first-order chi connectivity index (χ1) is 25.6. The molecule has 0 bridgehead atoms. The third kappa shape index (κ3) is 40.4. The van der Waals surface area contributed by atoms with Gasteiger partial charge in [0.25, 0.3) is 0 Å². The van der Waals surface area contributed by atoms with Gasteiger partial charge in [0, 0.05) is 19.4 Å². The highest BCUT2D eigenvalue weighted by Gasteiger charge is 2.17. The molecule has 0 aromatic carbocycles. The van der Waals surface area contributed by atoms with Gasteiger partial charge in [0.2, 0.25) is 0 Å². The number of esters is 2. The zero-order valence-corrected chi connectivity index (χ0v) is 34.3. The molecule has 5 nitrogen and oxygen atoms in total. The Bertz CT molecular complexity index is 915. The second kappa shape index (κ2) is 43.0. The zero-order chi connectivity index (χ0) is 37.8. The lowest BCUT2D eigenvalue weighted by Crippen LogP contribution is -2.30. The van der Waals surface area contributed by atoms with Crippen LogP contribution in [-0.2, 0) is 23.8 Å². The van der Waals surface area contributed by atoms with E-state index in [0.29, 0.717) is 19.4 Å². The molecule has 0 saturated carbocycles. The lowest BCUT2D eigenvalue weighted by Gasteiger charge is -2.18. The lowest BCUT2D eigenvalue weighted by atomic mass is 10.0. The molecule has 52 heavy (non-hydrogen) atoms. The molecule has 0 aliphatic rings. The summed E-state index contributed by atoms with van der Waals surface area (Å²) in [5, 5.41) is 0. The van der Waals surface area contributed by atoms with Crippen molar-refractivity contribution in [2.24, 2.45) is 0 Å². The van der Waals surface area contributed by atoms with E-state index in [1.807, 2.05) is 0 Å². The number of hydrogen-bond acceptors (Lipinski definition) is 5. The standard InChI is InChI=1S/C47H82O5/c1-4-7-10-13-15-17-19-21-22-23-24-25-27-29-31-33-36-39-42-50-43-45(52-47(49)41-38-34-12-9-6-3)44-51-46(48)40-37-35-32-30-28-26-20-18-16-14-11-8-5-2/h7,10,15,17,21-22,24-25,29,31,45H,4-6,8-9,11-14,16,18-20,23,26-28,30,32-44H2,1-3H3/b10-7-,17-15-,22-21-,25-24-,31-29-. The van der Waals surface area contributed by atoms with Gasteiger partial charge in [-0.15, -0.1) is 0 Å². The molecule has 0 aliphatic heterocycles. The quantitative estimate of drug-likeness (QED) is 0.0358. The van der Waals surface area contributed by atoms with E-state index in [4.69, 9.17) is 14.2 Å². The van der Waals surface area contributed by atoms with Crippen molar-refractivity contribution >= 4 is 11.9 Å². The summed E-state index contributed by atoms with van der Waals surface area (Å²) < 4.78 is 17.1. The lowest BCUT2D eigenvalue weighted by molar-refractivity contribution is -0.163. The van der Waals surface area contributed by atoms with Crippen LogP contribution in [0.3, 0.4) is 0 Å².